The van der Waals surface area contributed by atoms with Gasteiger partial charge in [0.15, 0.2) is 11.5 Å². The van der Waals surface area contributed by atoms with Crippen molar-refractivity contribution in [1.82, 2.24) is 10.2 Å². The molecule has 1 fully saturated rings. The van der Waals surface area contributed by atoms with Crippen LogP contribution in [0.1, 0.15) is 57.9 Å². The number of anilines is 1. The molecule has 0 radical (unpaired) electrons. The summed E-state index contributed by atoms with van der Waals surface area (Å²) in [6.45, 7) is 3.81. The number of hydrogen-bond donors (Lipinski definition) is 1. The van der Waals surface area contributed by atoms with Crippen molar-refractivity contribution in [2.24, 2.45) is 0 Å². The minimum absolute atomic E-state index is 0.0810. The van der Waals surface area contributed by atoms with E-state index in [2.05, 4.69) is 5.32 Å². The first-order valence-electron chi connectivity index (χ1n) is 14.0. The summed E-state index contributed by atoms with van der Waals surface area (Å²) in [5, 5.41) is 3.70. The standard InChI is InChI=1S/C29H38ClN3O6S/c1-3-25(29(35)31-23-8-6-5-7-9-23)32(19-21-10-12-22(30)13-11-21)28(34)20-33(40(36,37)4-2)24-14-15-26-27(18-24)39-17-16-38-26/h10-15,18,23,25H,3-9,16-17,19-20H2,1-2H3,(H,31,35)/t25-/m0/s1. The van der Waals surface area contributed by atoms with Crippen LogP contribution in [0, 0.1) is 0 Å². The van der Waals surface area contributed by atoms with Gasteiger partial charge in [0.05, 0.1) is 11.4 Å². The van der Waals surface area contributed by atoms with Gasteiger partial charge in [-0.1, -0.05) is 49.9 Å². The highest BCUT2D eigenvalue weighted by Crippen LogP contribution is 2.35. The topological polar surface area (TPSA) is 105 Å². The first-order valence-corrected chi connectivity index (χ1v) is 15.9. The van der Waals surface area contributed by atoms with Crippen molar-refractivity contribution >= 4 is 39.1 Å². The number of halogens is 1. The van der Waals surface area contributed by atoms with Crippen LogP contribution in [0.4, 0.5) is 5.69 Å². The van der Waals surface area contributed by atoms with Gasteiger partial charge in [-0.2, -0.15) is 0 Å². The fraction of sp³-hybridized carbons (Fsp3) is 0.517. The van der Waals surface area contributed by atoms with Crippen molar-refractivity contribution < 1.29 is 27.5 Å². The molecule has 4 rings (SSSR count). The summed E-state index contributed by atoms with van der Waals surface area (Å²) in [6, 6.07) is 11.2. The summed E-state index contributed by atoms with van der Waals surface area (Å²) in [5.74, 6) is 0.0351. The summed E-state index contributed by atoms with van der Waals surface area (Å²) in [5.41, 5.74) is 1.08. The molecule has 1 aliphatic heterocycles. The van der Waals surface area contributed by atoms with Crippen LogP contribution >= 0.6 is 11.6 Å². The molecule has 218 valence electrons. The molecule has 2 aromatic carbocycles. The van der Waals surface area contributed by atoms with Crippen LogP contribution in [0.25, 0.3) is 0 Å². The Kier molecular flexibility index (Phi) is 10.2. The Hall–Kier alpha value is -2.98. The predicted molar refractivity (Wildman–Crippen MR) is 155 cm³/mol. The minimum Gasteiger partial charge on any atom is -0.486 e. The molecule has 9 nitrogen and oxygen atoms in total. The Bertz CT molecular complexity index is 1280. The molecule has 0 saturated heterocycles. The van der Waals surface area contributed by atoms with Crippen LogP contribution in [0.15, 0.2) is 42.5 Å². The molecule has 1 atom stereocenters. The van der Waals surface area contributed by atoms with Gasteiger partial charge in [-0.15, -0.1) is 0 Å². The molecule has 2 aromatic rings. The van der Waals surface area contributed by atoms with Crippen LogP contribution in [0.5, 0.6) is 11.5 Å². The molecule has 2 aliphatic rings. The van der Waals surface area contributed by atoms with Gasteiger partial charge in [-0.3, -0.25) is 13.9 Å². The number of nitrogens with one attached hydrogen (secondary N) is 1. The second-order valence-electron chi connectivity index (χ2n) is 10.2. The first kappa shape index (κ1) is 30.0. The Balaban J connectivity index is 1.64. The monoisotopic (exact) mass is 591 g/mol. The number of carbonyl (C=O) groups is 2. The van der Waals surface area contributed by atoms with E-state index in [1.807, 2.05) is 6.92 Å². The van der Waals surface area contributed by atoms with Gasteiger partial charge in [0.1, 0.15) is 25.8 Å². The highest BCUT2D eigenvalue weighted by molar-refractivity contribution is 7.92. The van der Waals surface area contributed by atoms with Crippen LogP contribution in [0.2, 0.25) is 5.02 Å². The van der Waals surface area contributed by atoms with Crippen LogP contribution < -0.4 is 19.1 Å². The number of carbonyl (C=O) groups excluding carboxylic acids is 2. The van der Waals surface area contributed by atoms with E-state index in [1.54, 1.807) is 42.5 Å². The Morgan fingerprint density at radius 3 is 2.33 bits per heavy atom. The number of nitrogens with zero attached hydrogens (tertiary/aromatic N) is 2. The Morgan fingerprint density at radius 1 is 1.00 bits per heavy atom. The lowest BCUT2D eigenvalue weighted by Gasteiger charge is -2.34. The van der Waals surface area contributed by atoms with E-state index in [4.69, 9.17) is 21.1 Å². The number of hydrogen-bond acceptors (Lipinski definition) is 6. The van der Waals surface area contributed by atoms with Crippen molar-refractivity contribution in [2.75, 3.05) is 29.8 Å². The number of fused-ring (bicyclic) bond motifs is 1. The van der Waals surface area contributed by atoms with E-state index in [9.17, 15) is 18.0 Å². The van der Waals surface area contributed by atoms with Crippen LogP contribution in [0.3, 0.4) is 0 Å². The van der Waals surface area contributed by atoms with Crippen molar-refractivity contribution in [3.63, 3.8) is 0 Å². The number of sulfonamides is 1. The van der Waals surface area contributed by atoms with Gasteiger partial charge in [0, 0.05) is 23.7 Å². The molecule has 1 saturated carbocycles. The highest BCUT2D eigenvalue weighted by atomic mass is 35.5. The van der Waals surface area contributed by atoms with Gasteiger partial charge < -0.3 is 19.7 Å². The fourth-order valence-electron chi connectivity index (χ4n) is 5.16. The molecular formula is C29H38ClN3O6S. The third-order valence-electron chi connectivity index (χ3n) is 7.40. The van der Waals surface area contributed by atoms with Gasteiger partial charge in [0.25, 0.3) is 0 Å². The van der Waals surface area contributed by atoms with E-state index in [0.29, 0.717) is 41.8 Å². The lowest BCUT2D eigenvalue weighted by Crippen LogP contribution is -2.54. The molecule has 2 amide bonds. The quantitative estimate of drug-likeness (QED) is 0.412. The summed E-state index contributed by atoms with van der Waals surface area (Å²) in [4.78, 5) is 29.0. The zero-order valence-corrected chi connectivity index (χ0v) is 24.7. The van der Waals surface area contributed by atoms with Gasteiger partial charge in [-0.25, -0.2) is 8.42 Å². The largest absolute Gasteiger partial charge is 0.486 e. The molecule has 1 N–H and O–H groups in total. The maximum Gasteiger partial charge on any atom is 0.244 e. The first-order chi connectivity index (χ1) is 19.2. The van der Waals surface area contributed by atoms with E-state index in [-0.39, 0.29) is 24.2 Å². The summed E-state index contributed by atoms with van der Waals surface area (Å²) in [7, 11) is -3.85. The second-order valence-corrected chi connectivity index (χ2v) is 12.8. The van der Waals surface area contributed by atoms with E-state index < -0.39 is 28.5 Å². The third kappa shape index (κ3) is 7.40. The molecule has 40 heavy (non-hydrogen) atoms. The third-order valence-corrected chi connectivity index (χ3v) is 9.39. The van der Waals surface area contributed by atoms with Gasteiger partial charge in [0.2, 0.25) is 21.8 Å². The van der Waals surface area contributed by atoms with Crippen molar-refractivity contribution in [3.8, 4) is 11.5 Å². The number of ether oxygens (including phenoxy) is 2. The van der Waals surface area contributed by atoms with Gasteiger partial charge in [-0.05, 0) is 56.0 Å². The molecule has 0 bridgehead atoms. The maximum atomic E-state index is 14.0. The maximum absolute atomic E-state index is 14.0. The van der Waals surface area contributed by atoms with Crippen LogP contribution in [-0.4, -0.2) is 62.7 Å². The van der Waals surface area contributed by atoms with Crippen molar-refractivity contribution in [3.05, 3.63) is 53.1 Å². The number of amides is 2. The summed E-state index contributed by atoms with van der Waals surface area (Å²) >= 11 is 6.08. The molecule has 11 heteroatoms. The van der Waals surface area contributed by atoms with Crippen molar-refractivity contribution in [1.29, 1.82) is 0 Å². The average molecular weight is 592 g/mol. The van der Waals surface area contributed by atoms with E-state index >= 15 is 0 Å². The number of rotatable bonds is 11. The molecule has 1 heterocycles. The zero-order chi connectivity index (χ0) is 28.7. The van der Waals surface area contributed by atoms with E-state index in [1.165, 1.54) is 11.8 Å². The average Bonchev–Trinajstić information content (AvgIpc) is 2.97. The normalized spacial score (nSPS) is 16.2. The smallest absolute Gasteiger partial charge is 0.244 e. The van der Waals surface area contributed by atoms with E-state index in [0.717, 1.165) is 42.0 Å². The predicted octanol–water partition coefficient (Wildman–Crippen LogP) is 4.52. The Morgan fingerprint density at radius 2 is 1.68 bits per heavy atom. The SMILES string of the molecule is CC[C@@H](C(=O)NC1CCCCC1)N(Cc1ccc(Cl)cc1)C(=O)CN(c1ccc2c(c1)OCCO2)S(=O)(=O)CC. The molecular weight excluding hydrogens is 554 g/mol. The molecule has 1 aliphatic carbocycles. The zero-order valence-electron chi connectivity index (χ0n) is 23.1. The second kappa shape index (κ2) is 13.6. The lowest BCUT2D eigenvalue weighted by molar-refractivity contribution is -0.140. The fourth-order valence-corrected chi connectivity index (χ4v) is 6.34. The lowest BCUT2D eigenvalue weighted by atomic mass is 9.95. The Labute approximate surface area is 241 Å². The summed E-state index contributed by atoms with van der Waals surface area (Å²) in [6.07, 6.45) is 5.50. The van der Waals surface area contributed by atoms with Crippen LogP contribution in [-0.2, 0) is 26.2 Å². The molecule has 0 aromatic heterocycles. The van der Waals surface area contributed by atoms with Gasteiger partial charge >= 0.3 is 0 Å². The number of benzene rings is 2. The van der Waals surface area contributed by atoms with Crippen molar-refractivity contribution in [2.45, 2.75) is 71.0 Å². The molecule has 0 spiro atoms. The minimum atomic E-state index is -3.85. The summed E-state index contributed by atoms with van der Waals surface area (Å²) < 4.78 is 38.8. The molecule has 0 unspecified atom stereocenters. The highest BCUT2D eigenvalue weighted by Gasteiger charge is 2.33.